The molecule has 0 aliphatic heterocycles. The highest BCUT2D eigenvalue weighted by Gasteiger charge is 2.32. The number of nitrogens with zero attached hydrogens (tertiary/aromatic N) is 2. The monoisotopic (exact) mass is 538 g/mol. The van der Waals surface area contributed by atoms with Gasteiger partial charge in [-0.2, -0.15) is 0 Å². The van der Waals surface area contributed by atoms with Gasteiger partial charge in [0.1, 0.15) is 18.1 Å². The van der Waals surface area contributed by atoms with Gasteiger partial charge < -0.3 is 33.2 Å². The first-order chi connectivity index (χ1) is 18.6. The van der Waals surface area contributed by atoms with E-state index in [1.807, 2.05) is 44.2 Å². The first-order valence-corrected chi connectivity index (χ1v) is 12.8. The molecule has 2 rings (SSSR count). The molecule has 9 N–H and O–H groups in total. The number of benzene rings is 1. The molecule has 2 aromatic rings. The largest absolute Gasteiger partial charge is 0.370 e. The Balaban J connectivity index is 2.20. The van der Waals surface area contributed by atoms with Gasteiger partial charge in [0.25, 0.3) is 5.91 Å². The van der Waals surface area contributed by atoms with E-state index >= 15 is 0 Å². The maximum absolute atomic E-state index is 13.5. The topological polar surface area (TPSA) is 208 Å². The normalized spacial score (nSPS) is 13.7. The van der Waals surface area contributed by atoms with Crippen LogP contribution in [0.5, 0.6) is 0 Å². The standard InChI is InChI=1S/C27H38N8O4/c1-3-17(2)22(26(39)33-20(23(28)36)12-8-14-32-27(29)30)35-25(38)21(15-18-9-5-4-6-10-18)34-24(37)19-11-7-13-31-16-19/h4-7,9-11,13,16-17,20-22H,3,8,12,14-15H2,1-2H3,(H2,28,36)(H,33,39)(H,34,37)(H,35,38)(H4,29,30,32)/t17-,20-,21-,22-/m0/s1. The van der Waals surface area contributed by atoms with Crippen LogP contribution in [0.4, 0.5) is 0 Å². The Labute approximate surface area is 228 Å². The summed E-state index contributed by atoms with van der Waals surface area (Å²) in [4.78, 5) is 59.4. The summed E-state index contributed by atoms with van der Waals surface area (Å²) < 4.78 is 0. The molecule has 12 heteroatoms. The lowest BCUT2D eigenvalue weighted by molar-refractivity contribution is -0.133. The Morgan fingerprint density at radius 2 is 1.64 bits per heavy atom. The van der Waals surface area contributed by atoms with E-state index in [2.05, 4.69) is 25.9 Å². The highest BCUT2D eigenvalue weighted by molar-refractivity contribution is 5.98. The van der Waals surface area contributed by atoms with Gasteiger partial charge in [0, 0.05) is 25.4 Å². The molecule has 210 valence electrons. The highest BCUT2D eigenvalue weighted by Crippen LogP contribution is 2.12. The molecular weight excluding hydrogens is 500 g/mol. The minimum atomic E-state index is -0.981. The third-order valence-electron chi connectivity index (χ3n) is 6.23. The number of rotatable bonds is 15. The second kappa shape index (κ2) is 15.7. The Kier molecular flexibility index (Phi) is 12.4. The van der Waals surface area contributed by atoms with E-state index in [4.69, 9.17) is 17.2 Å². The molecule has 0 aliphatic carbocycles. The van der Waals surface area contributed by atoms with Crippen LogP contribution in [0.1, 0.15) is 49.0 Å². The summed E-state index contributed by atoms with van der Waals surface area (Å²) in [5.74, 6) is -2.64. The lowest BCUT2D eigenvalue weighted by atomic mass is 9.96. The van der Waals surface area contributed by atoms with Crippen molar-refractivity contribution in [2.45, 2.75) is 57.7 Å². The van der Waals surface area contributed by atoms with E-state index < -0.39 is 41.8 Å². The fourth-order valence-corrected chi connectivity index (χ4v) is 3.80. The van der Waals surface area contributed by atoms with Gasteiger partial charge in [-0.1, -0.05) is 50.6 Å². The minimum absolute atomic E-state index is 0.0742. The average Bonchev–Trinajstić information content (AvgIpc) is 2.93. The summed E-state index contributed by atoms with van der Waals surface area (Å²) in [5, 5.41) is 8.18. The highest BCUT2D eigenvalue weighted by atomic mass is 16.2. The average molecular weight is 539 g/mol. The van der Waals surface area contributed by atoms with E-state index in [1.165, 1.54) is 6.20 Å². The molecule has 4 atom stereocenters. The van der Waals surface area contributed by atoms with E-state index in [0.29, 0.717) is 18.4 Å². The minimum Gasteiger partial charge on any atom is -0.370 e. The number of carbonyl (C=O) groups is 4. The number of nitrogens with two attached hydrogens (primary N) is 3. The van der Waals surface area contributed by atoms with Crippen molar-refractivity contribution < 1.29 is 19.2 Å². The van der Waals surface area contributed by atoms with Crippen LogP contribution in [-0.2, 0) is 20.8 Å². The second-order valence-electron chi connectivity index (χ2n) is 9.24. The number of amides is 4. The van der Waals surface area contributed by atoms with Gasteiger partial charge in [0.2, 0.25) is 17.7 Å². The van der Waals surface area contributed by atoms with E-state index in [-0.39, 0.29) is 31.3 Å². The fraction of sp³-hybridized carbons (Fsp3) is 0.407. The molecule has 0 bridgehead atoms. The molecule has 0 radical (unpaired) electrons. The summed E-state index contributed by atoms with van der Waals surface area (Å²) in [6.45, 7) is 3.96. The third-order valence-corrected chi connectivity index (χ3v) is 6.23. The van der Waals surface area contributed by atoms with Crippen molar-refractivity contribution in [1.82, 2.24) is 20.9 Å². The van der Waals surface area contributed by atoms with Gasteiger partial charge in [-0.25, -0.2) is 0 Å². The summed E-state index contributed by atoms with van der Waals surface area (Å²) in [6.07, 6.45) is 4.33. The maximum Gasteiger partial charge on any atom is 0.253 e. The molecule has 39 heavy (non-hydrogen) atoms. The molecule has 0 aliphatic rings. The van der Waals surface area contributed by atoms with E-state index in [1.54, 1.807) is 18.3 Å². The molecule has 0 spiro atoms. The van der Waals surface area contributed by atoms with Crippen molar-refractivity contribution in [3.05, 3.63) is 66.0 Å². The number of hydrogen-bond donors (Lipinski definition) is 6. The zero-order chi connectivity index (χ0) is 28.8. The molecule has 0 unspecified atom stereocenters. The number of guanidine groups is 1. The molecule has 0 saturated heterocycles. The summed E-state index contributed by atoms with van der Waals surface area (Å²) in [5.41, 5.74) is 17.3. The second-order valence-corrected chi connectivity index (χ2v) is 9.24. The number of aromatic nitrogens is 1. The van der Waals surface area contributed by atoms with Gasteiger partial charge in [-0.15, -0.1) is 0 Å². The molecule has 1 aromatic carbocycles. The Hall–Kier alpha value is -4.48. The van der Waals surface area contributed by atoms with Crippen LogP contribution in [0.3, 0.4) is 0 Å². The van der Waals surface area contributed by atoms with Crippen molar-refractivity contribution in [2.24, 2.45) is 28.1 Å². The third kappa shape index (κ3) is 10.4. The summed E-state index contributed by atoms with van der Waals surface area (Å²) >= 11 is 0. The predicted octanol–water partition coefficient (Wildman–Crippen LogP) is -0.0227. The van der Waals surface area contributed by atoms with Gasteiger partial charge >= 0.3 is 0 Å². The molecule has 1 aromatic heterocycles. The van der Waals surface area contributed by atoms with Crippen molar-refractivity contribution in [3.63, 3.8) is 0 Å². The number of hydrogen-bond acceptors (Lipinski definition) is 6. The number of aliphatic imine (C=N–C) groups is 1. The number of carbonyl (C=O) groups excluding carboxylic acids is 4. The van der Waals surface area contributed by atoms with E-state index in [9.17, 15) is 19.2 Å². The molecule has 4 amide bonds. The molecular formula is C27H38N8O4. The van der Waals surface area contributed by atoms with Gasteiger partial charge in [0.15, 0.2) is 5.96 Å². The van der Waals surface area contributed by atoms with Gasteiger partial charge in [0.05, 0.1) is 5.56 Å². The maximum atomic E-state index is 13.5. The van der Waals surface area contributed by atoms with Crippen LogP contribution >= 0.6 is 0 Å². The molecule has 1 heterocycles. The van der Waals surface area contributed by atoms with Crippen LogP contribution in [-0.4, -0.2) is 59.2 Å². The molecule has 12 nitrogen and oxygen atoms in total. The smallest absolute Gasteiger partial charge is 0.253 e. The van der Waals surface area contributed by atoms with Crippen LogP contribution in [0.15, 0.2) is 59.9 Å². The SMILES string of the molecule is CC[C@H](C)[C@H](NC(=O)[C@H](Cc1ccccc1)NC(=O)c1cccnc1)C(=O)N[C@@H](CCCN=C(N)N)C(N)=O. The quantitative estimate of drug-likeness (QED) is 0.104. The first-order valence-electron chi connectivity index (χ1n) is 12.8. The van der Waals surface area contributed by atoms with Crippen LogP contribution in [0.25, 0.3) is 0 Å². The van der Waals surface area contributed by atoms with Crippen molar-refractivity contribution in [3.8, 4) is 0 Å². The lowest BCUT2D eigenvalue weighted by Gasteiger charge is -2.28. The first kappa shape index (κ1) is 30.7. The van der Waals surface area contributed by atoms with Crippen LogP contribution in [0, 0.1) is 5.92 Å². The van der Waals surface area contributed by atoms with Crippen molar-refractivity contribution in [1.29, 1.82) is 0 Å². The lowest BCUT2D eigenvalue weighted by Crippen LogP contribution is -2.58. The van der Waals surface area contributed by atoms with Gasteiger partial charge in [-0.05, 0) is 36.5 Å². The van der Waals surface area contributed by atoms with Crippen LogP contribution in [0.2, 0.25) is 0 Å². The zero-order valence-electron chi connectivity index (χ0n) is 22.3. The number of pyridine rings is 1. The molecule has 0 saturated carbocycles. The predicted molar refractivity (Wildman–Crippen MR) is 148 cm³/mol. The van der Waals surface area contributed by atoms with Crippen molar-refractivity contribution >= 4 is 29.6 Å². The molecule has 0 fully saturated rings. The number of primary amides is 1. The Morgan fingerprint density at radius 3 is 2.23 bits per heavy atom. The number of nitrogens with one attached hydrogen (secondary N) is 3. The Morgan fingerprint density at radius 1 is 0.923 bits per heavy atom. The summed E-state index contributed by atoms with van der Waals surface area (Å²) in [7, 11) is 0. The van der Waals surface area contributed by atoms with Crippen LogP contribution < -0.4 is 33.2 Å². The Bertz CT molecular complexity index is 1120. The summed E-state index contributed by atoms with van der Waals surface area (Å²) in [6, 6.07) is 9.48. The van der Waals surface area contributed by atoms with E-state index in [0.717, 1.165) is 5.56 Å². The fourth-order valence-electron chi connectivity index (χ4n) is 3.80. The zero-order valence-corrected chi connectivity index (χ0v) is 22.3. The van der Waals surface area contributed by atoms with Gasteiger partial charge in [-0.3, -0.25) is 29.2 Å². The van der Waals surface area contributed by atoms with Crippen molar-refractivity contribution in [2.75, 3.05) is 6.54 Å².